The van der Waals surface area contributed by atoms with E-state index in [4.69, 9.17) is 5.73 Å². The highest BCUT2D eigenvalue weighted by molar-refractivity contribution is 5.69. The van der Waals surface area contributed by atoms with Crippen molar-refractivity contribution in [3.05, 3.63) is 47.9 Å². The van der Waals surface area contributed by atoms with Gasteiger partial charge >= 0.3 is 0 Å². The summed E-state index contributed by atoms with van der Waals surface area (Å²) in [6.45, 7) is -0.141. The Bertz CT molecular complexity index is 514. The zero-order valence-corrected chi connectivity index (χ0v) is 8.52. The van der Waals surface area contributed by atoms with E-state index in [0.29, 0.717) is 16.9 Å². The highest BCUT2D eigenvalue weighted by atomic mass is 19.1. The summed E-state index contributed by atoms with van der Waals surface area (Å²) < 4.78 is 13.1. The Morgan fingerprint density at radius 2 is 2.06 bits per heavy atom. The van der Waals surface area contributed by atoms with Gasteiger partial charge in [0.15, 0.2) is 0 Å². The Balaban J connectivity index is 2.58. The summed E-state index contributed by atoms with van der Waals surface area (Å²) in [7, 11) is 0. The number of nitrogen functional groups attached to an aromatic ring is 1. The van der Waals surface area contributed by atoms with E-state index in [1.807, 2.05) is 0 Å². The van der Waals surface area contributed by atoms with Gasteiger partial charge in [0, 0.05) is 6.20 Å². The van der Waals surface area contributed by atoms with Gasteiger partial charge < -0.3 is 10.8 Å². The average Bonchev–Trinajstić information content (AvgIpc) is 2.29. The minimum absolute atomic E-state index is 0.141. The van der Waals surface area contributed by atoms with Crippen LogP contribution in [0.3, 0.4) is 0 Å². The van der Waals surface area contributed by atoms with Gasteiger partial charge in [0.1, 0.15) is 11.6 Å². The molecule has 0 saturated carbocycles. The largest absolute Gasteiger partial charge is 0.392 e. The first kappa shape index (κ1) is 10.6. The number of nitrogens with zero attached hydrogens (tertiary/aromatic N) is 1. The molecule has 2 aromatic rings. The second-order valence-electron chi connectivity index (χ2n) is 3.43. The van der Waals surface area contributed by atoms with Crippen molar-refractivity contribution < 1.29 is 9.50 Å². The van der Waals surface area contributed by atoms with E-state index in [1.54, 1.807) is 24.4 Å². The zero-order chi connectivity index (χ0) is 11.5. The van der Waals surface area contributed by atoms with Crippen LogP contribution in [0.25, 0.3) is 11.1 Å². The van der Waals surface area contributed by atoms with Crippen molar-refractivity contribution in [1.82, 2.24) is 4.98 Å². The molecule has 0 fully saturated rings. The number of anilines is 1. The normalized spacial score (nSPS) is 10.4. The van der Waals surface area contributed by atoms with E-state index in [9.17, 15) is 9.50 Å². The fourth-order valence-electron chi connectivity index (χ4n) is 1.57. The lowest BCUT2D eigenvalue weighted by molar-refractivity contribution is 0.282. The van der Waals surface area contributed by atoms with Gasteiger partial charge in [-0.1, -0.05) is 6.07 Å². The van der Waals surface area contributed by atoms with Crippen LogP contribution in [0, 0.1) is 5.82 Å². The van der Waals surface area contributed by atoms with Crippen molar-refractivity contribution >= 4 is 5.82 Å². The Morgan fingerprint density at radius 3 is 2.75 bits per heavy atom. The van der Waals surface area contributed by atoms with E-state index in [-0.39, 0.29) is 12.4 Å². The first-order chi connectivity index (χ1) is 7.70. The number of benzene rings is 1. The zero-order valence-electron chi connectivity index (χ0n) is 8.52. The smallest absolute Gasteiger partial charge is 0.123 e. The minimum atomic E-state index is -0.345. The first-order valence-corrected chi connectivity index (χ1v) is 4.82. The highest BCUT2D eigenvalue weighted by Crippen LogP contribution is 2.25. The summed E-state index contributed by atoms with van der Waals surface area (Å²) in [6, 6.07) is 7.62. The topological polar surface area (TPSA) is 59.1 Å². The van der Waals surface area contributed by atoms with E-state index in [0.717, 1.165) is 5.56 Å². The maximum absolute atomic E-state index is 13.1. The molecule has 2 rings (SSSR count). The number of hydrogen-bond donors (Lipinski definition) is 2. The SMILES string of the molecule is Nc1cc(-c2cc(F)ccc2CO)ccn1. The van der Waals surface area contributed by atoms with Crippen LogP contribution in [-0.4, -0.2) is 10.1 Å². The molecule has 0 aliphatic heterocycles. The molecule has 0 spiro atoms. The second kappa shape index (κ2) is 4.28. The van der Waals surface area contributed by atoms with Crippen molar-refractivity contribution in [2.24, 2.45) is 0 Å². The molecule has 82 valence electrons. The predicted molar refractivity (Wildman–Crippen MR) is 60.0 cm³/mol. The molecule has 1 aromatic heterocycles. The molecule has 16 heavy (non-hydrogen) atoms. The molecule has 0 atom stereocenters. The summed E-state index contributed by atoms with van der Waals surface area (Å²) in [5.41, 5.74) is 7.60. The number of aromatic nitrogens is 1. The lowest BCUT2D eigenvalue weighted by Crippen LogP contribution is -1.93. The standard InChI is InChI=1S/C12H11FN2O/c13-10-2-1-9(7-16)11(6-10)8-3-4-15-12(14)5-8/h1-6,16H,7H2,(H2,14,15). The predicted octanol–water partition coefficient (Wildman–Crippen LogP) is 1.96. The van der Waals surface area contributed by atoms with Crippen molar-refractivity contribution in [1.29, 1.82) is 0 Å². The summed E-state index contributed by atoms with van der Waals surface area (Å²) in [4.78, 5) is 3.86. The van der Waals surface area contributed by atoms with Gasteiger partial charge in [-0.3, -0.25) is 0 Å². The quantitative estimate of drug-likeness (QED) is 0.810. The summed E-state index contributed by atoms with van der Waals surface area (Å²) >= 11 is 0. The Kier molecular flexibility index (Phi) is 2.83. The van der Waals surface area contributed by atoms with Crippen LogP contribution in [0.4, 0.5) is 10.2 Å². The van der Waals surface area contributed by atoms with Crippen LogP contribution in [0.15, 0.2) is 36.5 Å². The number of aliphatic hydroxyl groups excluding tert-OH is 1. The van der Waals surface area contributed by atoms with Gasteiger partial charge in [-0.05, 0) is 41.0 Å². The lowest BCUT2D eigenvalue weighted by atomic mass is 10.0. The van der Waals surface area contributed by atoms with Gasteiger partial charge in [-0.2, -0.15) is 0 Å². The number of halogens is 1. The van der Waals surface area contributed by atoms with Gasteiger partial charge in [0.2, 0.25) is 0 Å². The molecule has 3 nitrogen and oxygen atoms in total. The van der Waals surface area contributed by atoms with Crippen LogP contribution in [0.2, 0.25) is 0 Å². The van der Waals surface area contributed by atoms with Crippen molar-refractivity contribution in [3.8, 4) is 11.1 Å². The van der Waals surface area contributed by atoms with Crippen molar-refractivity contribution in [2.45, 2.75) is 6.61 Å². The van der Waals surface area contributed by atoms with Crippen LogP contribution >= 0.6 is 0 Å². The molecule has 1 aromatic carbocycles. The molecular formula is C12H11FN2O. The molecule has 0 radical (unpaired) electrons. The molecule has 0 aliphatic carbocycles. The third-order valence-corrected chi connectivity index (χ3v) is 2.33. The Hall–Kier alpha value is -1.94. The van der Waals surface area contributed by atoms with Crippen molar-refractivity contribution in [2.75, 3.05) is 5.73 Å². The highest BCUT2D eigenvalue weighted by Gasteiger charge is 2.06. The van der Waals surface area contributed by atoms with E-state index >= 15 is 0 Å². The molecule has 3 N–H and O–H groups in total. The van der Waals surface area contributed by atoms with E-state index in [1.165, 1.54) is 12.1 Å². The summed E-state index contributed by atoms with van der Waals surface area (Å²) in [5.74, 6) is 0.0215. The minimum Gasteiger partial charge on any atom is -0.392 e. The number of pyridine rings is 1. The van der Waals surface area contributed by atoms with E-state index < -0.39 is 0 Å². The molecule has 0 aliphatic rings. The van der Waals surface area contributed by atoms with Crippen LogP contribution in [0.5, 0.6) is 0 Å². The molecule has 0 bridgehead atoms. The molecule has 0 saturated heterocycles. The van der Waals surface area contributed by atoms with Crippen LogP contribution in [0.1, 0.15) is 5.56 Å². The Labute approximate surface area is 92.4 Å². The molecule has 0 amide bonds. The molecular weight excluding hydrogens is 207 g/mol. The molecule has 0 unspecified atom stereocenters. The maximum Gasteiger partial charge on any atom is 0.123 e. The lowest BCUT2D eigenvalue weighted by Gasteiger charge is -2.08. The van der Waals surface area contributed by atoms with Gasteiger partial charge in [0.25, 0.3) is 0 Å². The third kappa shape index (κ3) is 2.01. The number of aliphatic hydroxyl groups is 1. The maximum atomic E-state index is 13.1. The summed E-state index contributed by atoms with van der Waals surface area (Å²) in [5, 5.41) is 9.17. The molecule has 4 heteroatoms. The summed E-state index contributed by atoms with van der Waals surface area (Å²) in [6.07, 6.45) is 1.55. The number of rotatable bonds is 2. The average molecular weight is 218 g/mol. The first-order valence-electron chi connectivity index (χ1n) is 4.82. The van der Waals surface area contributed by atoms with Crippen molar-refractivity contribution in [3.63, 3.8) is 0 Å². The second-order valence-corrected chi connectivity index (χ2v) is 3.43. The third-order valence-electron chi connectivity index (χ3n) is 2.33. The van der Waals surface area contributed by atoms with Gasteiger partial charge in [-0.25, -0.2) is 9.37 Å². The fraction of sp³-hybridized carbons (Fsp3) is 0.0833. The number of nitrogens with two attached hydrogens (primary N) is 1. The molecule has 1 heterocycles. The van der Waals surface area contributed by atoms with Gasteiger partial charge in [0.05, 0.1) is 6.61 Å². The van der Waals surface area contributed by atoms with Gasteiger partial charge in [-0.15, -0.1) is 0 Å². The Morgan fingerprint density at radius 1 is 1.25 bits per heavy atom. The van der Waals surface area contributed by atoms with Crippen LogP contribution in [-0.2, 0) is 6.61 Å². The van der Waals surface area contributed by atoms with E-state index in [2.05, 4.69) is 4.98 Å². The fourth-order valence-corrected chi connectivity index (χ4v) is 1.57. The monoisotopic (exact) mass is 218 g/mol. The number of hydrogen-bond acceptors (Lipinski definition) is 3. The van der Waals surface area contributed by atoms with Crippen LogP contribution < -0.4 is 5.73 Å².